The van der Waals surface area contributed by atoms with Gasteiger partial charge in [-0.25, -0.2) is 14.4 Å². The summed E-state index contributed by atoms with van der Waals surface area (Å²) in [4.78, 5) is 37.4. The van der Waals surface area contributed by atoms with Crippen molar-refractivity contribution in [3.63, 3.8) is 0 Å². The smallest absolute Gasteiger partial charge is 0.423 e. The molecule has 0 radical (unpaired) electrons. The molecule has 6 rings (SSSR count). The van der Waals surface area contributed by atoms with Gasteiger partial charge >= 0.3 is 24.1 Å². The highest BCUT2D eigenvalue weighted by Gasteiger charge is 2.37. The molecule has 0 aliphatic carbocycles. The molecule has 0 saturated heterocycles. The summed E-state index contributed by atoms with van der Waals surface area (Å²) in [6.45, 7) is 0. The molecule has 10 heteroatoms. The van der Waals surface area contributed by atoms with Crippen LogP contribution in [-0.4, -0.2) is 29.2 Å². The monoisotopic (exact) mass is 668 g/mol. The van der Waals surface area contributed by atoms with Crippen LogP contribution in [-0.2, 0) is 0 Å². The highest BCUT2D eigenvalue weighted by atomic mass is 17.0. The molecule has 248 valence electrons. The van der Waals surface area contributed by atoms with E-state index in [1.165, 1.54) is 72.8 Å². The minimum absolute atomic E-state index is 0.0915. The average molecular weight is 669 g/mol. The summed E-state index contributed by atoms with van der Waals surface area (Å²) in [6, 6.07) is 43.1. The molecule has 6 aromatic rings. The van der Waals surface area contributed by atoms with E-state index in [-0.39, 0.29) is 34.5 Å². The zero-order valence-corrected chi connectivity index (χ0v) is 26.2. The molecule has 6 aromatic carbocycles. The average Bonchev–Trinajstić information content (AvgIpc) is 3.15. The highest BCUT2D eigenvalue weighted by Crippen LogP contribution is 2.29. The van der Waals surface area contributed by atoms with Crippen LogP contribution >= 0.6 is 0 Å². The number of benzene rings is 6. The van der Waals surface area contributed by atoms with E-state index in [1.807, 2.05) is 0 Å². The van der Waals surface area contributed by atoms with Gasteiger partial charge < -0.3 is 28.4 Å². The van der Waals surface area contributed by atoms with Crippen molar-refractivity contribution in [3.05, 3.63) is 180 Å². The number of carbonyl (C=O) groups excluding carboxylic acids is 3. The van der Waals surface area contributed by atoms with Gasteiger partial charge in [-0.1, -0.05) is 54.6 Å². The van der Waals surface area contributed by atoms with Gasteiger partial charge in [-0.15, -0.1) is 0 Å². The molecule has 0 heterocycles. The van der Waals surface area contributed by atoms with Crippen LogP contribution in [0.3, 0.4) is 0 Å². The Bertz CT molecular complexity index is 1790. The third-order valence-electron chi connectivity index (χ3n) is 6.87. The van der Waals surface area contributed by atoms with Crippen LogP contribution in [0.5, 0.6) is 34.5 Å². The lowest BCUT2D eigenvalue weighted by Crippen LogP contribution is -2.48. The topological polar surface area (TPSA) is 127 Å². The Morgan fingerprint density at radius 1 is 0.340 bits per heavy atom. The molecule has 50 heavy (non-hydrogen) atoms. The summed E-state index contributed by atoms with van der Waals surface area (Å²) in [5.74, 6) is -0.653. The van der Waals surface area contributed by atoms with Crippen LogP contribution in [0.15, 0.2) is 164 Å². The maximum absolute atomic E-state index is 12.5. The molecule has 10 nitrogen and oxygen atoms in total. The Balaban J connectivity index is 1.17. The Morgan fingerprint density at radius 2 is 0.560 bits per heavy atom. The molecule has 0 aliphatic rings. The predicted octanol–water partition coefficient (Wildman–Crippen LogP) is 7.48. The Labute approximate surface area is 286 Å². The largest absolute Gasteiger partial charge is 0.557 e. The second-order valence-corrected chi connectivity index (χ2v) is 10.5. The second kappa shape index (κ2) is 15.3. The van der Waals surface area contributed by atoms with Gasteiger partial charge in [0.2, 0.25) is 0 Å². The standard InChI is InChI=1S/C40H28O10/c41-37(28-10-4-1-5-11-28)45-31-16-22-34(23-17-31)48-40(44,49-35-24-18-32(19-25-35)46-38(42)29-12-6-2-7-13-29)50-36-26-20-33(21-27-36)47-39(43)30-14-8-3-9-15-30/h1-27,44H. The lowest BCUT2D eigenvalue weighted by Gasteiger charge is -2.28. The molecule has 0 aromatic heterocycles. The number of hydrogen-bond donors (Lipinski definition) is 1. The fraction of sp³-hybridized carbons (Fsp3) is 0.0250. The van der Waals surface area contributed by atoms with E-state index in [9.17, 15) is 19.5 Å². The molecule has 0 bridgehead atoms. The Kier molecular flexibility index (Phi) is 10.1. The summed E-state index contributed by atoms with van der Waals surface area (Å²) in [5, 5.41) is 11.5. The molecule has 0 aliphatic heterocycles. The molecular formula is C40H28O10. The van der Waals surface area contributed by atoms with Gasteiger partial charge in [-0.05, 0) is 109 Å². The summed E-state index contributed by atoms with van der Waals surface area (Å²) < 4.78 is 33.5. The first kappa shape index (κ1) is 33.0. The number of aliphatic hydroxyl groups is 1. The summed E-state index contributed by atoms with van der Waals surface area (Å²) in [7, 11) is 0. The van der Waals surface area contributed by atoms with Crippen LogP contribution in [0.4, 0.5) is 0 Å². The fourth-order valence-electron chi connectivity index (χ4n) is 4.46. The van der Waals surface area contributed by atoms with Gasteiger partial charge in [0.15, 0.2) is 0 Å². The van der Waals surface area contributed by atoms with Crippen LogP contribution in [0, 0.1) is 0 Å². The van der Waals surface area contributed by atoms with Gasteiger partial charge in [0.25, 0.3) is 0 Å². The van der Waals surface area contributed by atoms with Crippen LogP contribution in [0.1, 0.15) is 31.1 Å². The van der Waals surface area contributed by atoms with Crippen molar-refractivity contribution in [1.29, 1.82) is 0 Å². The Morgan fingerprint density at radius 3 is 0.800 bits per heavy atom. The summed E-state index contributed by atoms with van der Waals surface area (Å²) >= 11 is 0. The van der Waals surface area contributed by atoms with Crippen molar-refractivity contribution in [2.45, 2.75) is 6.16 Å². The number of rotatable bonds is 12. The third kappa shape index (κ3) is 8.91. The molecule has 0 amide bonds. The fourth-order valence-corrected chi connectivity index (χ4v) is 4.46. The summed E-state index contributed by atoms with van der Waals surface area (Å²) in [6.07, 6.45) is -2.74. The number of esters is 3. The van der Waals surface area contributed by atoms with E-state index in [0.29, 0.717) is 16.7 Å². The van der Waals surface area contributed by atoms with E-state index < -0.39 is 24.1 Å². The normalized spacial score (nSPS) is 10.7. The maximum atomic E-state index is 12.5. The molecule has 0 fully saturated rings. The first-order valence-electron chi connectivity index (χ1n) is 15.2. The van der Waals surface area contributed by atoms with Crippen molar-refractivity contribution in [2.24, 2.45) is 0 Å². The van der Waals surface area contributed by atoms with Crippen LogP contribution in [0.25, 0.3) is 0 Å². The van der Waals surface area contributed by atoms with Gasteiger partial charge in [-0.2, -0.15) is 0 Å². The van der Waals surface area contributed by atoms with E-state index in [2.05, 4.69) is 0 Å². The van der Waals surface area contributed by atoms with E-state index >= 15 is 0 Å². The molecule has 0 spiro atoms. The SMILES string of the molecule is O=C(Oc1ccc(OC(O)(Oc2ccc(OC(=O)c3ccccc3)cc2)Oc2ccc(OC(=O)c3ccccc3)cc2)cc1)c1ccccc1. The zero-order valence-electron chi connectivity index (χ0n) is 26.2. The zero-order chi connectivity index (χ0) is 34.8. The molecule has 1 N–H and O–H groups in total. The van der Waals surface area contributed by atoms with E-state index in [0.717, 1.165) is 0 Å². The first-order valence-corrected chi connectivity index (χ1v) is 15.2. The molecule has 0 atom stereocenters. The van der Waals surface area contributed by atoms with E-state index in [4.69, 9.17) is 28.4 Å². The highest BCUT2D eigenvalue weighted by molar-refractivity contribution is 5.92. The molecular weight excluding hydrogens is 640 g/mol. The molecule has 0 unspecified atom stereocenters. The predicted molar refractivity (Wildman–Crippen MR) is 180 cm³/mol. The third-order valence-corrected chi connectivity index (χ3v) is 6.87. The second-order valence-electron chi connectivity index (χ2n) is 10.5. The Hall–Kier alpha value is -6.91. The van der Waals surface area contributed by atoms with Gasteiger partial charge in [0.05, 0.1) is 16.7 Å². The van der Waals surface area contributed by atoms with Crippen molar-refractivity contribution < 1.29 is 47.9 Å². The van der Waals surface area contributed by atoms with Crippen molar-refractivity contribution in [2.75, 3.05) is 0 Å². The quantitative estimate of drug-likeness (QED) is 0.0796. The van der Waals surface area contributed by atoms with Crippen LogP contribution < -0.4 is 28.4 Å². The van der Waals surface area contributed by atoms with Crippen LogP contribution in [0.2, 0.25) is 0 Å². The van der Waals surface area contributed by atoms with Crippen molar-refractivity contribution >= 4 is 17.9 Å². The van der Waals surface area contributed by atoms with Gasteiger partial charge in [0.1, 0.15) is 34.5 Å². The van der Waals surface area contributed by atoms with Crippen molar-refractivity contribution in [3.8, 4) is 34.5 Å². The van der Waals surface area contributed by atoms with Gasteiger partial charge in [-0.3, -0.25) is 5.11 Å². The lowest BCUT2D eigenvalue weighted by molar-refractivity contribution is -0.384. The number of carbonyl (C=O) groups is 3. The number of ether oxygens (including phenoxy) is 6. The van der Waals surface area contributed by atoms with Gasteiger partial charge in [0, 0.05) is 0 Å². The molecule has 0 saturated carbocycles. The minimum atomic E-state index is -2.74. The lowest BCUT2D eigenvalue weighted by atomic mass is 10.2. The summed E-state index contributed by atoms with van der Waals surface area (Å²) in [5.41, 5.74) is 1.14. The first-order chi connectivity index (χ1) is 24.3. The minimum Gasteiger partial charge on any atom is -0.423 e. The van der Waals surface area contributed by atoms with Crippen molar-refractivity contribution in [1.82, 2.24) is 0 Å². The number of hydrogen-bond acceptors (Lipinski definition) is 10. The maximum Gasteiger partial charge on any atom is 0.557 e. The van der Waals surface area contributed by atoms with E-state index in [1.54, 1.807) is 91.0 Å².